The summed E-state index contributed by atoms with van der Waals surface area (Å²) >= 11 is 13.6. The Morgan fingerprint density at radius 1 is 1.24 bits per heavy atom. The van der Waals surface area contributed by atoms with E-state index >= 15 is 0 Å². The molecular weight excluding hydrogens is 275 g/mol. The van der Waals surface area contributed by atoms with E-state index in [0.29, 0.717) is 10.7 Å². The zero-order valence-electron chi connectivity index (χ0n) is 9.21. The van der Waals surface area contributed by atoms with Gasteiger partial charge in [0.2, 0.25) is 0 Å². The van der Waals surface area contributed by atoms with Crippen LogP contribution in [0, 0.1) is 0 Å². The van der Waals surface area contributed by atoms with Crippen molar-refractivity contribution in [3.63, 3.8) is 0 Å². The molecule has 0 bridgehead atoms. The van der Waals surface area contributed by atoms with Crippen LogP contribution in [0.4, 0.5) is 11.4 Å². The SMILES string of the molecule is CC(Nc1c(N)cccc1Cl)c1ccc(Cl)s1. The van der Waals surface area contributed by atoms with E-state index in [-0.39, 0.29) is 6.04 Å². The molecule has 1 unspecified atom stereocenters. The Kier molecular flexibility index (Phi) is 3.82. The molecule has 1 aromatic carbocycles. The maximum absolute atomic E-state index is 6.10. The van der Waals surface area contributed by atoms with Crippen LogP contribution < -0.4 is 11.1 Å². The highest BCUT2D eigenvalue weighted by Gasteiger charge is 2.11. The first-order valence-corrected chi connectivity index (χ1v) is 6.71. The van der Waals surface area contributed by atoms with Crippen molar-refractivity contribution in [1.29, 1.82) is 0 Å². The van der Waals surface area contributed by atoms with E-state index in [4.69, 9.17) is 28.9 Å². The molecule has 0 spiro atoms. The minimum Gasteiger partial charge on any atom is -0.397 e. The number of halogens is 2. The third-order valence-corrected chi connectivity index (χ3v) is 4.16. The van der Waals surface area contributed by atoms with Crippen molar-refractivity contribution in [2.45, 2.75) is 13.0 Å². The van der Waals surface area contributed by atoms with Crippen LogP contribution in [0.5, 0.6) is 0 Å². The molecule has 17 heavy (non-hydrogen) atoms. The number of anilines is 2. The number of nitrogen functional groups attached to an aromatic ring is 1. The number of hydrogen-bond donors (Lipinski definition) is 2. The van der Waals surface area contributed by atoms with Gasteiger partial charge in [0.25, 0.3) is 0 Å². The molecule has 90 valence electrons. The van der Waals surface area contributed by atoms with Gasteiger partial charge < -0.3 is 11.1 Å². The fraction of sp³-hybridized carbons (Fsp3) is 0.167. The minimum atomic E-state index is 0.120. The molecule has 2 rings (SSSR count). The summed E-state index contributed by atoms with van der Waals surface area (Å²) in [5.74, 6) is 0. The molecule has 0 amide bonds. The van der Waals surface area contributed by atoms with Crippen molar-refractivity contribution in [2.75, 3.05) is 11.1 Å². The summed E-state index contributed by atoms with van der Waals surface area (Å²) < 4.78 is 0.779. The van der Waals surface area contributed by atoms with Gasteiger partial charge in [0.15, 0.2) is 0 Å². The van der Waals surface area contributed by atoms with Gasteiger partial charge in [0, 0.05) is 4.88 Å². The van der Waals surface area contributed by atoms with Gasteiger partial charge in [-0.2, -0.15) is 0 Å². The van der Waals surface area contributed by atoms with Crippen molar-refractivity contribution >= 4 is 45.9 Å². The van der Waals surface area contributed by atoms with Gasteiger partial charge in [-0.25, -0.2) is 0 Å². The first-order valence-electron chi connectivity index (χ1n) is 5.13. The van der Waals surface area contributed by atoms with Crippen molar-refractivity contribution in [3.8, 4) is 0 Å². The van der Waals surface area contributed by atoms with E-state index in [1.165, 1.54) is 0 Å². The zero-order valence-corrected chi connectivity index (χ0v) is 11.5. The standard InChI is InChI=1S/C12H12Cl2N2S/c1-7(10-5-6-11(14)17-10)16-12-8(13)3-2-4-9(12)15/h2-7,16H,15H2,1H3. The smallest absolute Gasteiger partial charge is 0.0932 e. The number of nitrogens with one attached hydrogen (secondary N) is 1. The second kappa shape index (κ2) is 5.17. The molecule has 0 radical (unpaired) electrons. The Balaban J connectivity index is 2.21. The summed E-state index contributed by atoms with van der Waals surface area (Å²) in [6.07, 6.45) is 0. The van der Waals surface area contributed by atoms with Crippen LogP contribution in [0.2, 0.25) is 9.36 Å². The third kappa shape index (κ3) is 2.86. The molecule has 0 aliphatic heterocycles. The van der Waals surface area contributed by atoms with Crippen LogP contribution in [-0.2, 0) is 0 Å². The molecule has 0 fully saturated rings. The van der Waals surface area contributed by atoms with Crippen molar-refractivity contribution in [3.05, 3.63) is 44.6 Å². The van der Waals surface area contributed by atoms with Gasteiger partial charge in [-0.1, -0.05) is 29.3 Å². The molecule has 2 nitrogen and oxygen atoms in total. The van der Waals surface area contributed by atoms with Gasteiger partial charge in [-0.05, 0) is 31.2 Å². The van der Waals surface area contributed by atoms with E-state index in [2.05, 4.69) is 5.32 Å². The first kappa shape index (κ1) is 12.6. The molecule has 1 atom stereocenters. The van der Waals surface area contributed by atoms with Crippen LogP contribution in [0.1, 0.15) is 17.8 Å². The summed E-state index contributed by atoms with van der Waals surface area (Å²) in [5, 5.41) is 3.93. The van der Waals surface area contributed by atoms with Gasteiger partial charge in [-0.3, -0.25) is 0 Å². The Morgan fingerprint density at radius 3 is 2.59 bits per heavy atom. The summed E-state index contributed by atoms with van der Waals surface area (Å²) in [6, 6.07) is 9.47. The van der Waals surface area contributed by atoms with E-state index in [9.17, 15) is 0 Å². The van der Waals surface area contributed by atoms with E-state index in [1.54, 1.807) is 11.3 Å². The Labute approximate surface area is 114 Å². The molecule has 2 aromatic rings. The molecule has 0 aliphatic carbocycles. The number of benzene rings is 1. The average Bonchev–Trinajstić information content (AvgIpc) is 2.70. The molecule has 1 aromatic heterocycles. The highest BCUT2D eigenvalue weighted by atomic mass is 35.5. The van der Waals surface area contributed by atoms with Gasteiger partial charge in [0.1, 0.15) is 0 Å². The largest absolute Gasteiger partial charge is 0.397 e. The number of nitrogens with two attached hydrogens (primary N) is 1. The molecule has 0 aliphatic rings. The summed E-state index contributed by atoms with van der Waals surface area (Å²) in [6.45, 7) is 2.05. The second-order valence-corrected chi connectivity index (χ2v) is 5.87. The summed E-state index contributed by atoms with van der Waals surface area (Å²) in [4.78, 5) is 1.15. The van der Waals surface area contributed by atoms with Crippen molar-refractivity contribution in [1.82, 2.24) is 0 Å². The van der Waals surface area contributed by atoms with Crippen LogP contribution >= 0.6 is 34.5 Å². The van der Waals surface area contributed by atoms with Crippen molar-refractivity contribution in [2.24, 2.45) is 0 Å². The topological polar surface area (TPSA) is 38.0 Å². The minimum absolute atomic E-state index is 0.120. The lowest BCUT2D eigenvalue weighted by atomic mass is 10.2. The lowest BCUT2D eigenvalue weighted by Gasteiger charge is -2.16. The van der Waals surface area contributed by atoms with E-state index < -0.39 is 0 Å². The van der Waals surface area contributed by atoms with Gasteiger partial charge in [0.05, 0.1) is 26.8 Å². The normalized spacial score (nSPS) is 12.4. The molecule has 0 saturated carbocycles. The number of hydrogen-bond acceptors (Lipinski definition) is 3. The predicted octanol–water partition coefficient (Wildman–Crippen LogP) is 4.81. The average molecular weight is 287 g/mol. The van der Waals surface area contributed by atoms with Crippen LogP contribution in [0.15, 0.2) is 30.3 Å². The first-order chi connectivity index (χ1) is 8.08. The molecule has 0 saturated heterocycles. The highest BCUT2D eigenvalue weighted by molar-refractivity contribution is 7.16. The molecule has 3 N–H and O–H groups in total. The van der Waals surface area contributed by atoms with Crippen LogP contribution in [-0.4, -0.2) is 0 Å². The lowest BCUT2D eigenvalue weighted by molar-refractivity contribution is 0.909. The van der Waals surface area contributed by atoms with Gasteiger partial charge in [-0.15, -0.1) is 11.3 Å². The predicted molar refractivity (Wildman–Crippen MR) is 77.2 cm³/mol. The number of thiophene rings is 1. The van der Waals surface area contributed by atoms with Crippen LogP contribution in [0.25, 0.3) is 0 Å². The monoisotopic (exact) mass is 286 g/mol. The summed E-state index contributed by atoms with van der Waals surface area (Å²) in [5.41, 5.74) is 7.30. The third-order valence-electron chi connectivity index (χ3n) is 2.43. The summed E-state index contributed by atoms with van der Waals surface area (Å²) in [7, 11) is 0. The molecular formula is C12H12Cl2N2S. The Bertz CT molecular complexity index is 505. The highest BCUT2D eigenvalue weighted by Crippen LogP contribution is 2.34. The van der Waals surface area contributed by atoms with E-state index in [1.807, 2.05) is 37.3 Å². The maximum Gasteiger partial charge on any atom is 0.0932 e. The lowest BCUT2D eigenvalue weighted by Crippen LogP contribution is -2.07. The Hall–Kier alpha value is -0.900. The van der Waals surface area contributed by atoms with Crippen LogP contribution in [0.3, 0.4) is 0 Å². The van der Waals surface area contributed by atoms with E-state index in [0.717, 1.165) is 14.9 Å². The second-order valence-electron chi connectivity index (χ2n) is 3.71. The van der Waals surface area contributed by atoms with Gasteiger partial charge >= 0.3 is 0 Å². The maximum atomic E-state index is 6.10. The fourth-order valence-electron chi connectivity index (χ4n) is 1.54. The fourth-order valence-corrected chi connectivity index (χ4v) is 2.84. The quantitative estimate of drug-likeness (QED) is 0.795. The molecule has 1 heterocycles. The number of para-hydroxylation sites is 1. The van der Waals surface area contributed by atoms with Crippen molar-refractivity contribution < 1.29 is 0 Å². The Morgan fingerprint density at radius 2 is 2.00 bits per heavy atom. The number of rotatable bonds is 3. The zero-order chi connectivity index (χ0) is 12.4. The molecule has 5 heteroatoms.